The average molecular weight is 487 g/mol. The Kier molecular flexibility index (Phi) is 10.3. The fraction of sp³-hybridized carbons (Fsp3) is 0.481. The highest BCUT2D eigenvalue weighted by Crippen LogP contribution is 2.21. The van der Waals surface area contributed by atoms with Crippen molar-refractivity contribution >= 4 is 23.6 Å². The first-order chi connectivity index (χ1) is 16.5. The highest BCUT2D eigenvalue weighted by Gasteiger charge is 2.30. The lowest BCUT2D eigenvalue weighted by Crippen LogP contribution is -2.52. The summed E-state index contributed by atoms with van der Waals surface area (Å²) in [6.07, 6.45) is 6.04. The van der Waals surface area contributed by atoms with Crippen molar-refractivity contribution in [3.05, 3.63) is 65.5 Å². The number of rotatable bonds is 11. The van der Waals surface area contributed by atoms with Crippen molar-refractivity contribution < 1.29 is 18.7 Å². The topological polar surface area (TPSA) is 58.6 Å². The molecule has 1 N–H and O–H groups in total. The molecule has 184 valence electrons. The Morgan fingerprint density at radius 2 is 1.71 bits per heavy atom. The molecule has 1 atom stereocenters. The highest BCUT2D eigenvalue weighted by molar-refractivity contribution is 7.99. The molecule has 0 saturated heterocycles. The molecule has 0 radical (unpaired) electrons. The molecular formula is C27H35FN2O3S. The van der Waals surface area contributed by atoms with Crippen LogP contribution in [0.15, 0.2) is 48.5 Å². The Morgan fingerprint density at radius 1 is 1.06 bits per heavy atom. The SMILES string of the molecule is CC[C@@H](C(=O)NC1CCCCC1)N(Cc1ccc(OC)cc1)C(=O)CSCc1ccc(F)cc1. The van der Waals surface area contributed by atoms with E-state index in [2.05, 4.69) is 5.32 Å². The number of thioether (sulfide) groups is 1. The minimum atomic E-state index is -0.525. The number of carbonyl (C=O) groups excluding carboxylic acids is 2. The lowest BCUT2D eigenvalue weighted by molar-refractivity contribution is -0.139. The molecule has 0 unspecified atom stereocenters. The third-order valence-corrected chi connectivity index (χ3v) is 7.25. The number of halogens is 1. The average Bonchev–Trinajstić information content (AvgIpc) is 2.86. The van der Waals surface area contributed by atoms with E-state index in [1.165, 1.54) is 30.3 Å². The maximum atomic E-state index is 13.4. The third-order valence-electron chi connectivity index (χ3n) is 6.26. The van der Waals surface area contributed by atoms with Gasteiger partial charge in [0.2, 0.25) is 11.8 Å². The molecule has 2 aromatic carbocycles. The molecule has 0 spiro atoms. The van der Waals surface area contributed by atoms with Crippen LogP contribution in [0.25, 0.3) is 0 Å². The van der Waals surface area contributed by atoms with E-state index in [1.54, 1.807) is 24.1 Å². The highest BCUT2D eigenvalue weighted by atomic mass is 32.2. The minimum absolute atomic E-state index is 0.0696. The van der Waals surface area contributed by atoms with Crippen molar-refractivity contribution in [1.82, 2.24) is 10.2 Å². The molecule has 0 heterocycles. The van der Waals surface area contributed by atoms with Crippen molar-refractivity contribution in [2.24, 2.45) is 0 Å². The van der Waals surface area contributed by atoms with E-state index in [1.807, 2.05) is 31.2 Å². The summed E-state index contributed by atoms with van der Waals surface area (Å²) in [4.78, 5) is 28.3. The molecule has 5 nitrogen and oxygen atoms in total. The van der Waals surface area contributed by atoms with Gasteiger partial charge in [-0.25, -0.2) is 4.39 Å². The van der Waals surface area contributed by atoms with Crippen LogP contribution < -0.4 is 10.1 Å². The molecule has 0 aliphatic heterocycles. The molecule has 2 amide bonds. The van der Waals surface area contributed by atoms with E-state index >= 15 is 0 Å². The predicted octanol–water partition coefficient (Wildman–Crippen LogP) is 5.32. The minimum Gasteiger partial charge on any atom is -0.497 e. The molecule has 1 aliphatic rings. The zero-order valence-corrected chi connectivity index (χ0v) is 20.9. The zero-order valence-electron chi connectivity index (χ0n) is 20.1. The molecule has 0 bridgehead atoms. The number of benzene rings is 2. The van der Waals surface area contributed by atoms with Crippen molar-refractivity contribution in [3.8, 4) is 5.75 Å². The third kappa shape index (κ3) is 7.76. The number of nitrogens with one attached hydrogen (secondary N) is 1. The van der Waals surface area contributed by atoms with Gasteiger partial charge in [-0.1, -0.05) is 50.5 Å². The van der Waals surface area contributed by atoms with Crippen LogP contribution in [0.4, 0.5) is 4.39 Å². The summed E-state index contributed by atoms with van der Waals surface area (Å²) in [6.45, 7) is 2.31. The first kappa shape index (κ1) is 26.1. The van der Waals surface area contributed by atoms with Gasteiger partial charge in [-0.15, -0.1) is 11.8 Å². The van der Waals surface area contributed by atoms with Gasteiger partial charge >= 0.3 is 0 Å². The van der Waals surface area contributed by atoms with Gasteiger partial charge in [0, 0.05) is 18.3 Å². The Balaban J connectivity index is 1.69. The van der Waals surface area contributed by atoms with Crippen LogP contribution in [0.2, 0.25) is 0 Å². The summed E-state index contributed by atoms with van der Waals surface area (Å²) in [5.74, 6) is 1.19. The number of hydrogen-bond acceptors (Lipinski definition) is 4. The van der Waals surface area contributed by atoms with Crippen molar-refractivity contribution in [1.29, 1.82) is 0 Å². The fourth-order valence-corrected chi connectivity index (χ4v) is 5.18. The maximum Gasteiger partial charge on any atom is 0.243 e. The molecule has 0 aromatic heterocycles. The van der Waals surface area contributed by atoms with E-state index in [4.69, 9.17) is 4.74 Å². The van der Waals surface area contributed by atoms with Crippen molar-refractivity contribution in [2.45, 2.75) is 69.8 Å². The van der Waals surface area contributed by atoms with Gasteiger partial charge in [0.25, 0.3) is 0 Å². The van der Waals surface area contributed by atoms with Crippen LogP contribution in [0, 0.1) is 5.82 Å². The van der Waals surface area contributed by atoms with Gasteiger partial charge in [-0.2, -0.15) is 0 Å². The lowest BCUT2D eigenvalue weighted by Gasteiger charge is -2.32. The van der Waals surface area contributed by atoms with Crippen molar-refractivity contribution in [3.63, 3.8) is 0 Å². The van der Waals surface area contributed by atoms with Gasteiger partial charge in [0.15, 0.2) is 0 Å². The van der Waals surface area contributed by atoms with Gasteiger partial charge in [-0.3, -0.25) is 9.59 Å². The summed E-state index contributed by atoms with van der Waals surface area (Å²) >= 11 is 1.48. The first-order valence-electron chi connectivity index (χ1n) is 12.0. The van der Waals surface area contributed by atoms with E-state index in [9.17, 15) is 14.0 Å². The lowest BCUT2D eigenvalue weighted by atomic mass is 9.95. The summed E-state index contributed by atoms with van der Waals surface area (Å²) in [5, 5.41) is 3.20. The number of amides is 2. The summed E-state index contributed by atoms with van der Waals surface area (Å²) in [6, 6.07) is 13.6. The van der Waals surface area contributed by atoms with Crippen LogP contribution >= 0.6 is 11.8 Å². The van der Waals surface area contributed by atoms with Crippen LogP contribution in [0.5, 0.6) is 5.75 Å². The molecular weight excluding hydrogens is 451 g/mol. The van der Waals surface area contributed by atoms with E-state index in [0.717, 1.165) is 42.6 Å². The number of nitrogens with zero attached hydrogens (tertiary/aromatic N) is 1. The van der Waals surface area contributed by atoms with Crippen LogP contribution in [0.3, 0.4) is 0 Å². The molecule has 1 fully saturated rings. The van der Waals surface area contributed by atoms with Crippen LogP contribution in [0.1, 0.15) is 56.6 Å². The second-order valence-corrected chi connectivity index (χ2v) is 9.74. The Morgan fingerprint density at radius 3 is 2.32 bits per heavy atom. The molecule has 7 heteroatoms. The fourth-order valence-electron chi connectivity index (χ4n) is 4.31. The van der Waals surface area contributed by atoms with Gasteiger partial charge in [0.1, 0.15) is 17.6 Å². The molecule has 2 aromatic rings. The molecule has 1 saturated carbocycles. The summed E-state index contributed by atoms with van der Waals surface area (Å²) in [5.41, 5.74) is 1.91. The Hall–Kier alpha value is -2.54. The van der Waals surface area contributed by atoms with E-state index in [0.29, 0.717) is 18.7 Å². The Bertz CT molecular complexity index is 914. The van der Waals surface area contributed by atoms with E-state index in [-0.39, 0.29) is 29.4 Å². The second kappa shape index (κ2) is 13.4. The maximum absolute atomic E-state index is 13.4. The summed E-state index contributed by atoms with van der Waals surface area (Å²) < 4.78 is 18.4. The Labute approximate surface area is 206 Å². The number of hydrogen-bond donors (Lipinski definition) is 1. The zero-order chi connectivity index (χ0) is 24.3. The number of ether oxygens (including phenoxy) is 1. The van der Waals surface area contributed by atoms with E-state index < -0.39 is 6.04 Å². The van der Waals surface area contributed by atoms with Gasteiger partial charge in [-0.05, 0) is 54.7 Å². The monoisotopic (exact) mass is 486 g/mol. The number of methoxy groups -OCH3 is 1. The van der Waals surface area contributed by atoms with Gasteiger partial charge < -0.3 is 15.0 Å². The molecule has 1 aliphatic carbocycles. The number of carbonyl (C=O) groups is 2. The van der Waals surface area contributed by atoms with Crippen LogP contribution in [-0.2, 0) is 21.9 Å². The summed E-state index contributed by atoms with van der Waals surface area (Å²) in [7, 11) is 1.62. The quantitative estimate of drug-likeness (QED) is 0.467. The molecule has 3 rings (SSSR count). The normalized spacial score (nSPS) is 14.9. The largest absolute Gasteiger partial charge is 0.497 e. The predicted molar refractivity (Wildman–Crippen MR) is 135 cm³/mol. The smallest absolute Gasteiger partial charge is 0.243 e. The second-order valence-electron chi connectivity index (χ2n) is 8.76. The van der Waals surface area contributed by atoms with Gasteiger partial charge in [0.05, 0.1) is 12.9 Å². The molecule has 34 heavy (non-hydrogen) atoms. The van der Waals surface area contributed by atoms with Crippen LogP contribution in [-0.4, -0.2) is 41.7 Å². The first-order valence-corrected chi connectivity index (χ1v) is 13.2. The standard InChI is InChI=1S/C27H35FN2O3S/c1-3-25(27(32)29-23-7-5-4-6-8-23)30(17-20-11-15-24(33-2)16-12-20)26(31)19-34-18-21-9-13-22(28)14-10-21/h9-16,23,25H,3-8,17-19H2,1-2H3,(H,29,32)/t25-/m0/s1. The van der Waals surface area contributed by atoms with Crippen molar-refractivity contribution in [2.75, 3.05) is 12.9 Å².